The van der Waals surface area contributed by atoms with Crippen LogP contribution in [0.1, 0.15) is 18.1 Å². The minimum atomic E-state index is 0.602. The number of hydrogen-bond donors (Lipinski definition) is 1. The third kappa shape index (κ3) is 4.81. The second-order valence-corrected chi connectivity index (χ2v) is 6.25. The van der Waals surface area contributed by atoms with Crippen LogP contribution in [0.5, 0.6) is 5.75 Å². The summed E-state index contributed by atoms with van der Waals surface area (Å²) in [5.74, 6) is 0.957. The van der Waals surface area contributed by atoms with Crippen LogP contribution in [0.4, 0.5) is 0 Å². The molecule has 1 N–H and O–H groups in total. The highest BCUT2D eigenvalue weighted by Gasteiger charge is 2.17. The normalized spacial score (nSPS) is 18.7. The topological polar surface area (TPSA) is 24.5 Å². The molecule has 0 bridgehead atoms. The van der Waals surface area contributed by atoms with Gasteiger partial charge < -0.3 is 10.1 Å². The van der Waals surface area contributed by atoms with Gasteiger partial charge in [0, 0.05) is 38.6 Å². The zero-order chi connectivity index (χ0) is 15.9. The molecule has 0 unspecified atom stereocenters. The lowest BCUT2D eigenvalue weighted by atomic mass is 10.1. The predicted molar refractivity (Wildman–Crippen MR) is 94.8 cm³/mol. The van der Waals surface area contributed by atoms with Gasteiger partial charge in [-0.15, -0.1) is 0 Å². The molecule has 122 valence electrons. The van der Waals surface area contributed by atoms with E-state index in [0.29, 0.717) is 6.04 Å². The van der Waals surface area contributed by atoms with E-state index in [1.54, 1.807) is 0 Å². The zero-order valence-electron chi connectivity index (χ0n) is 13.9. The number of hydrogen-bond acceptors (Lipinski definition) is 3. The molecular formula is C20H26N2O. The van der Waals surface area contributed by atoms with Gasteiger partial charge in [0.15, 0.2) is 0 Å². The van der Waals surface area contributed by atoms with E-state index in [1.165, 1.54) is 11.1 Å². The van der Waals surface area contributed by atoms with Crippen molar-refractivity contribution in [3.63, 3.8) is 0 Å². The van der Waals surface area contributed by atoms with Gasteiger partial charge in [-0.1, -0.05) is 42.5 Å². The fraction of sp³-hybridized carbons (Fsp3) is 0.400. The molecule has 0 aliphatic carbocycles. The van der Waals surface area contributed by atoms with Crippen molar-refractivity contribution in [2.75, 3.05) is 26.2 Å². The number of rotatable bonds is 6. The van der Waals surface area contributed by atoms with Gasteiger partial charge in [0.05, 0.1) is 6.61 Å². The Morgan fingerprint density at radius 2 is 1.83 bits per heavy atom. The number of nitrogens with zero attached hydrogens (tertiary/aromatic N) is 1. The van der Waals surface area contributed by atoms with Gasteiger partial charge in [-0.2, -0.15) is 0 Å². The molecule has 1 atom stereocenters. The summed E-state index contributed by atoms with van der Waals surface area (Å²) < 4.78 is 5.85. The maximum absolute atomic E-state index is 5.85. The van der Waals surface area contributed by atoms with Crippen LogP contribution in [0.15, 0.2) is 54.6 Å². The first-order chi connectivity index (χ1) is 11.3. The molecule has 0 amide bonds. The van der Waals surface area contributed by atoms with Crippen LogP contribution in [0.25, 0.3) is 0 Å². The number of ether oxygens (including phenoxy) is 1. The van der Waals surface area contributed by atoms with Gasteiger partial charge in [0.2, 0.25) is 0 Å². The molecule has 3 nitrogen and oxygen atoms in total. The van der Waals surface area contributed by atoms with Crippen molar-refractivity contribution in [2.24, 2.45) is 0 Å². The Labute approximate surface area is 139 Å². The summed E-state index contributed by atoms with van der Waals surface area (Å²) in [6.45, 7) is 7.32. The van der Waals surface area contributed by atoms with Crippen molar-refractivity contribution in [3.8, 4) is 5.75 Å². The van der Waals surface area contributed by atoms with Gasteiger partial charge in [-0.05, 0) is 30.2 Å². The molecule has 1 aliphatic heterocycles. The van der Waals surface area contributed by atoms with Crippen molar-refractivity contribution >= 4 is 0 Å². The average Bonchev–Trinajstić information content (AvgIpc) is 2.59. The molecule has 0 radical (unpaired) electrons. The van der Waals surface area contributed by atoms with E-state index in [9.17, 15) is 0 Å². The van der Waals surface area contributed by atoms with Crippen LogP contribution in [0.3, 0.4) is 0 Å². The van der Waals surface area contributed by atoms with Crippen LogP contribution in [-0.4, -0.2) is 37.2 Å². The molecule has 2 aromatic rings. The molecule has 1 fully saturated rings. The third-order valence-corrected chi connectivity index (χ3v) is 4.45. The monoisotopic (exact) mass is 310 g/mol. The fourth-order valence-electron chi connectivity index (χ4n) is 2.97. The zero-order valence-corrected chi connectivity index (χ0v) is 13.9. The van der Waals surface area contributed by atoms with Gasteiger partial charge in [0.1, 0.15) is 5.75 Å². The molecule has 0 spiro atoms. The van der Waals surface area contributed by atoms with E-state index < -0.39 is 0 Å². The molecule has 1 aliphatic rings. The smallest absolute Gasteiger partial charge is 0.119 e. The maximum Gasteiger partial charge on any atom is 0.119 e. The Hall–Kier alpha value is -1.84. The molecule has 1 heterocycles. The molecule has 3 rings (SSSR count). The van der Waals surface area contributed by atoms with E-state index in [0.717, 1.165) is 45.0 Å². The minimum absolute atomic E-state index is 0.602. The van der Waals surface area contributed by atoms with Crippen molar-refractivity contribution in [1.82, 2.24) is 10.2 Å². The first-order valence-electron chi connectivity index (χ1n) is 8.52. The number of piperazine rings is 1. The Kier molecular flexibility index (Phi) is 5.67. The fourth-order valence-corrected chi connectivity index (χ4v) is 2.97. The predicted octanol–water partition coefficient (Wildman–Crippen LogP) is 3.10. The summed E-state index contributed by atoms with van der Waals surface area (Å²) in [7, 11) is 0. The summed E-state index contributed by atoms with van der Waals surface area (Å²) in [5.41, 5.74) is 2.67. The van der Waals surface area contributed by atoms with Gasteiger partial charge in [-0.3, -0.25) is 4.90 Å². The molecule has 1 saturated heterocycles. The lowest BCUT2D eigenvalue weighted by Crippen LogP contribution is -2.49. The molecule has 0 aromatic heterocycles. The summed E-state index contributed by atoms with van der Waals surface area (Å²) >= 11 is 0. The van der Waals surface area contributed by atoms with Crippen LogP contribution < -0.4 is 10.1 Å². The molecule has 0 saturated carbocycles. The highest BCUT2D eigenvalue weighted by molar-refractivity contribution is 5.27. The van der Waals surface area contributed by atoms with Crippen molar-refractivity contribution in [3.05, 3.63) is 65.7 Å². The Morgan fingerprint density at radius 3 is 2.57 bits per heavy atom. The molecular weight excluding hydrogens is 284 g/mol. The lowest BCUT2D eigenvalue weighted by Gasteiger charge is -2.33. The molecule has 23 heavy (non-hydrogen) atoms. The molecule has 2 aromatic carbocycles. The quantitative estimate of drug-likeness (QED) is 0.887. The minimum Gasteiger partial charge on any atom is -0.493 e. The lowest BCUT2D eigenvalue weighted by molar-refractivity contribution is 0.165. The summed E-state index contributed by atoms with van der Waals surface area (Å²) in [6.07, 6.45) is 0.945. The highest BCUT2D eigenvalue weighted by Crippen LogP contribution is 2.16. The highest BCUT2D eigenvalue weighted by atomic mass is 16.5. The van der Waals surface area contributed by atoms with E-state index >= 15 is 0 Å². The molecule has 3 heteroatoms. The van der Waals surface area contributed by atoms with Gasteiger partial charge >= 0.3 is 0 Å². The van der Waals surface area contributed by atoms with Crippen molar-refractivity contribution in [2.45, 2.75) is 25.9 Å². The third-order valence-electron chi connectivity index (χ3n) is 4.45. The van der Waals surface area contributed by atoms with E-state index in [1.807, 2.05) is 6.07 Å². The average molecular weight is 310 g/mol. The van der Waals surface area contributed by atoms with Crippen LogP contribution in [-0.2, 0) is 13.0 Å². The van der Waals surface area contributed by atoms with Crippen molar-refractivity contribution in [1.29, 1.82) is 0 Å². The van der Waals surface area contributed by atoms with Crippen molar-refractivity contribution < 1.29 is 4.74 Å². The summed E-state index contributed by atoms with van der Waals surface area (Å²) in [4.78, 5) is 2.53. The Balaban J connectivity index is 1.47. The largest absolute Gasteiger partial charge is 0.493 e. The standard InChI is InChI=1S/C20H26N2O/c1-17-15-21-12-13-22(17)16-19-7-9-20(10-8-19)23-14-11-18-5-3-2-4-6-18/h2-10,17,21H,11-16H2,1H3/t17-/m0/s1. The van der Waals surface area contributed by atoms with Crippen LogP contribution >= 0.6 is 0 Å². The van der Waals surface area contributed by atoms with Gasteiger partial charge in [-0.25, -0.2) is 0 Å². The van der Waals surface area contributed by atoms with Crippen LogP contribution in [0.2, 0.25) is 0 Å². The second-order valence-electron chi connectivity index (χ2n) is 6.25. The van der Waals surface area contributed by atoms with E-state index in [4.69, 9.17) is 4.74 Å². The second kappa shape index (κ2) is 8.14. The Bertz CT molecular complexity index is 582. The number of benzene rings is 2. The SMILES string of the molecule is C[C@H]1CNCCN1Cc1ccc(OCCc2ccccc2)cc1. The first-order valence-corrected chi connectivity index (χ1v) is 8.52. The summed E-state index contributed by atoms with van der Waals surface area (Å²) in [6, 6.07) is 19.6. The van der Waals surface area contributed by atoms with Crippen LogP contribution in [0, 0.1) is 0 Å². The van der Waals surface area contributed by atoms with Gasteiger partial charge in [0.25, 0.3) is 0 Å². The van der Waals surface area contributed by atoms with E-state index in [2.05, 4.69) is 65.7 Å². The maximum atomic E-state index is 5.85. The number of nitrogens with one attached hydrogen (secondary N) is 1. The summed E-state index contributed by atoms with van der Waals surface area (Å²) in [5, 5.41) is 3.43. The first kappa shape index (κ1) is 16.0. The Morgan fingerprint density at radius 1 is 1.04 bits per heavy atom. The van der Waals surface area contributed by atoms with E-state index in [-0.39, 0.29) is 0 Å².